The summed E-state index contributed by atoms with van der Waals surface area (Å²) in [5, 5.41) is 4.34. The summed E-state index contributed by atoms with van der Waals surface area (Å²) in [6.07, 6.45) is -7.18. The monoisotopic (exact) mass is 500 g/mol. The van der Waals surface area contributed by atoms with Crippen LogP contribution in [0.1, 0.15) is 30.9 Å². The van der Waals surface area contributed by atoms with E-state index >= 15 is 0 Å². The van der Waals surface area contributed by atoms with Crippen LogP contribution in [0.5, 0.6) is 0 Å². The Morgan fingerprint density at radius 3 is 2.38 bits per heavy atom. The fourth-order valence-electron chi connectivity index (χ4n) is 2.87. The molecule has 0 aliphatic rings. The number of rotatable bonds is 10. The molecule has 2 aromatic rings. The van der Waals surface area contributed by atoms with Crippen molar-refractivity contribution >= 4 is 35.3 Å². The molecular formula is C23H24ClF3N2O5. The Morgan fingerprint density at radius 2 is 1.74 bits per heavy atom. The van der Waals surface area contributed by atoms with Gasteiger partial charge in [-0.3, -0.25) is 9.59 Å². The van der Waals surface area contributed by atoms with Gasteiger partial charge >= 0.3 is 18.2 Å². The Bertz CT molecular complexity index is 986. The summed E-state index contributed by atoms with van der Waals surface area (Å²) in [6, 6.07) is 11.1. The quantitative estimate of drug-likeness (QED) is 0.447. The van der Waals surface area contributed by atoms with E-state index in [0.717, 1.165) is 0 Å². The van der Waals surface area contributed by atoms with Gasteiger partial charge in [0, 0.05) is 6.42 Å². The van der Waals surface area contributed by atoms with Crippen molar-refractivity contribution in [2.24, 2.45) is 0 Å². The molecule has 0 radical (unpaired) electrons. The van der Waals surface area contributed by atoms with Gasteiger partial charge in [-0.15, -0.1) is 0 Å². The van der Waals surface area contributed by atoms with E-state index in [4.69, 9.17) is 21.1 Å². The predicted molar refractivity (Wildman–Crippen MR) is 119 cm³/mol. The van der Waals surface area contributed by atoms with Crippen molar-refractivity contribution < 1.29 is 37.0 Å². The first-order chi connectivity index (χ1) is 16.1. The zero-order valence-corrected chi connectivity index (χ0v) is 19.0. The summed E-state index contributed by atoms with van der Waals surface area (Å²) in [4.78, 5) is 36.2. The van der Waals surface area contributed by atoms with E-state index in [0.29, 0.717) is 11.1 Å². The van der Waals surface area contributed by atoms with Gasteiger partial charge in [0.15, 0.2) is 0 Å². The topological polar surface area (TPSA) is 93.7 Å². The highest BCUT2D eigenvalue weighted by Gasteiger charge is 2.37. The number of hydrogen-bond acceptors (Lipinski definition) is 5. The van der Waals surface area contributed by atoms with E-state index in [1.807, 2.05) is 5.32 Å². The van der Waals surface area contributed by atoms with Crippen LogP contribution in [0.15, 0.2) is 48.5 Å². The lowest BCUT2D eigenvalue weighted by atomic mass is 10.1. The molecule has 0 aromatic heterocycles. The summed E-state index contributed by atoms with van der Waals surface area (Å²) >= 11 is 6.07. The number of hydrogen-bond donors (Lipinski definition) is 2. The first kappa shape index (κ1) is 27.0. The Kier molecular flexibility index (Phi) is 10.2. The van der Waals surface area contributed by atoms with Crippen molar-refractivity contribution in [2.45, 2.75) is 45.0 Å². The first-order valence-corrected chi connectivity index (χ1v) is 10.7. The van der Waals surface area contributed by atoms with Gasteiger partial charge in [0.1, 0.15) is 12.6 Å². The Labute approximate surface area is 199 Å². The molecule has 1 atom stereocenters. The summed E-state index contributed by atoms with van der Waals surface area (Å²) in [6.45, 7) is 1.74. The van der Waals surface area contributed by atoms with Crippen molar-refractivity contribution in [1.29, 1.82) is 0 Å². The summed E-state index contributed by atoms with van der Waals surface area (Å²) in [5.41, 5.74) is 1.27. The molecule has 184 valence electrons. The second kappa shape index (κ2) is 12.8. The van der Waals surface area contributed by atoms with Crippen molar-refractivity contribution in [2.75, 3.05) is 11.9 Å². The molecule has 0 saturated heterocycles. The number of carbonyl (C=O) groups is 3. The number of aryl methyl sites for hydroxylation is 1. The molecule has 0 heterocycles. The molecule has 0 aliphatic heterocycles. The lowest BCUT2D eigenvalue weighted by molar-refractivity contribution is -0.146. The standard InChI is InChI=1S/C23H24ClF3N2O5/c1-2-33-20(30)11-9-15-8-10-17(24)18(12-15)28-21(31)19(13-23(25,26)27)29-22(32)34-14-16-6-4-3-5-7-16/h3-8,10,12,19H,2,9,11,13-14H2,1H3,(H,28,31)(H,29,32). The number of amides is 2. The minimum absolute atomic E-state index is 0.0413. The van der Waals surface area contributed by atoms with Gasteiger partial charge in [0.25, 0.3) is 0 Å². The Morgan fingerprint density at radius 1 is 1.03 bits per heavy atom. The molecular weight excluding hydrogens is 477 g/mol. The number of anilines is 1. The number of alkyl carbamates (subject to hydrolysis) is 1. The van der Waals surface area contributed by atoms with Crippen LogP contribution in [0.25, 0.3) is 0 Å². The molecule has 0 saturated carbocycles. The zero-order chi connectivity index (χ0) is 25.1. The van der Waals surface area contributed by atoms with Gasteiger partial charge in [0.2, 0.25) is 5.91 Å². The van der Waals surface area contributed by atoms with Gasteiger partial charge in [0.05, 0.1) is 23.7 Å². The summed E-state index contributed by atoms with van der Waals surface area (Å²) in [5.74, 6) is -1.54. The van der Waals surface area contributed by atoms with Crippen LogP contribution < -0.4 is 10.6 Å². The SMILES string of the molecule is CCOC(=O)CCc1ccc(Cl)c(NC(=O)C(CC(F)(F)F)NC(=O)OCc2ccccc2)c1. The maximum atomic E-state index is 13.0. The van der Waals surface area contributed by atoms with Crippen LogP contribution in [-0.2, 0) is 32.1 Å². The maximum absolute atomic E-state index is 13.0. The molecule has 11 heteroatoms. The molecule has 0 spiro atoms. The molecule has 1 unspecified atom stereocenters. The van der Waals surface area contributed by atoms with Crippen molar-refractivity contribution in [3.8, 4) is 0 Å². The van der Waals surface area contributed by atoms with Gasteiger partial charge in [-0.2, -0.15) is 13.2 Å². The van der Waals surface area contributed by atoms with E-state index in [1.54, 1.807) is 43.3 Å². The molecule has 0 bridgehead atoms. The predicted octanol–water partition coefficient (Wildman–Crippen LogP) is 5.02. The fourth-order valence-corrected chi connectivity index (χ4v) is 3.04. The fraction of sp³-hybridized carbons (Fsp3) is 0.348. The van der Waals surface area contributed by atoms with Gasteiger partial charge < -0.3 is 20.1 Å². The normalized spacial score (nSPS) is 11.9. The number of esters is 1. The number of benzene rings is 2. The average molecular weight is 501 g/mol. The molecule has 2 rings (SSSR count). The van der Waals surface area contributed by atoms with Crippen molar-refractivity contribution in [3.63, 3.8) is 0 Å². The highest BCUT2D eigenvalue weighted by Crippen LogP contribution is 2.26. The van der Waals surface area contributed by atoms with Crippen molar-refractivity contribution in [3.05, 3.63) is 64.7 Å². The summed E-state index contributed by atoms with van der Waals surface area (Å²) < 4.78 is 48.9. The van der Waals surface area contributed by atoms with E-state index in [1.165, 1.54) is 12.1 Å². The zero-order valence-electron chi connectivity index (χ0n) is 18.3. The van der Waals surface area contributed by atoms with Crippen LogP contribution >= 0.6 is 11.6 Å². The molecule has 2 N–H and O–H groups in total. The largest absolute Gasteiger partial charge is 0.466 e. The number of carbonyl (C=O) groups excluding carboxylic acids is 3. The smallest absolute Gasteiger partial charge is 0.408 e. The van der Waals surface area contributed by atoms with E-state index in [2.05, 4.69) is 5.32 Å². The molecule has 34 heavy (non-hydrogen) atoms. The van der Waals surface area contributed by atoms with Gasteiger partial charge in [-0.05, 0) is 36.6 Å². The molecule has 0 fully saturated rings. The third kappa shape index (κ3) is 9.70. The molecule has 0 aliphatic carbocycles. The second-order valence-corrected chi connectivity index (χ2v) is 7.59. The number of ether oxygens (including phenoxy) is 2. The Balaban J connectivity index is 2.05. The third-order valence-corrected chi connectivity index (χ3v) is 4.80. The Hall–Kier alpha value is -3.27. The first-order valence-electron chi connectivity index (χ1n) is 10.4. The lowest BCUT2D eigenvalue weighted by Crippen LogP contribution is -2.46. The van der Waals surface area contributed by atoms with E-state index < -0.39 is 36.6 Å². The average Bonchev–Trinajstić information content (AvgIpc) is 2.77. The van der Waals surface area contributed by atoms with Crippen LogP contribution in [-0.4, -0.2) is 36.8 Å². The summed E-state index contributed by atoms with van der Waals surface area (Å²) in [7, 11) is 0. The highest BCUT2D eigenvalue weighted by molar-refractivity contribution is 6.33. The minimum atomic E-state index is -4.74. The second-order valence-electron chi connectivity index (χ2n) is 7.19. The number of nitrogens with one attached hydrogen (secondary N) is 2. The molecule has 2 amide bonds. The van der Waals surface area contributed by atoms with Crippen LogP contribution in [0.2, 0.25) is 5.02 Å². The van der Waals surface area contributed by atoms with Gasteiger partial charge in [-0.25, -0.2) is 4.79 Å². The molecule has 2 aromatic carbocycles. The van der Waals surface area contributed by atoms with Crippen LogP contribution in [0.4, 0.5) is 23.7 Å². The minimum Gasteiger partial charge on any atom is -0.466 e. The van der Waals surface area contributed by atoms with E-state index in [9.17, 15) is 27.6 Å². The van der Waals surface area contributed by atoms with Crippen LogP contribution in [0.3, 0.4) is 0 Å². The number of alkyl halides is 3. The maximum Gasteiger partial charge on any atom is 0.408 e. The van der Waals surface area contributed by atoms with Crippen molar-refractivity contribution in [1.82, 2.24) is 5.32 Å². The van der Waals surface area contributed by atoms with E-state index in [-0.39, 0.29) is 36.8 Å². The highest BCUT2D eigenvalue weighted by atomic mass is 35.5. The van der Waals surface area contributed by atoms with Crippen LogP contribution in [0, 0.1) is 0 Å². The molecule has 7 nitrogen and oxygen atoms in total. The number of halogens is 4. The third-order valence-electron chi connectivity index (χ3n) is 4.47. The van der Waals surface area contributed by atoms with Gasteiger partial charge in [-0.1, -0.05) is 48.0 Å². The lowest BCUT2D eigenvalue weighted by Gasteiger charge is -2.20.